The number of carbonyl (C=O) groups excluding carboxylic acids is 4. The van der Waals surface area contributed by atoms with Gasteiger partial charge in [0, 0.05) is 20.5 Å². The molecule has 1 aromatic rings. The fourth-order valence-electron chi connectivity index (χ4n) is 4.20. The average molecular weight is 607 g/mol. The Balaban J connectivity index is 3.44. The van der Waals surface area contributed by atoms with E-state index in [1.807, 2.05) is 58.9 Å². The smallest absolute Gasteiger partial charge is 0.410 e. The van der Waals surface area contributed by atoms with Gasteiger partial charge in [-0.3, -0.25) is 9.69 Å². The van der Waals surface area contributed by atoms with E-state index in [0.29, 0.717) is 5.56 Å². The van der Waals surface area contributed by atoms with E-state index < -0.39 is 59.8 Å². The highest BCUT2D eigenvalue weighted by Gasteiger charge is 2.39. The molecule has 2 amide bonds. The Hall–Kier alpha value is -3.63. The minimum Gasteiger partial charge on any atom is -0.479 e. The zero-order valence-electron chi connectivity index (χ0n) is 27.5. The summed E-state index contributed by atoms with van der Waals surface area (Å²) < 4.78 is 16.4. The summed E-state index contributed by atoms with van der Waals surface area (Å²) in [6, 6.07) is 5.21. The van der Waals surface area contributed by atoms with Gasteiger partial charge >= 0.3 is 24.0 Å². The Bertz CT molecular complexity index is 1110. The van der Waals surface area contributed by atoms with Crippen molar-refractivity contribution in [2.45, 2.75) is 111 Å². The second kappa shape index (κ2) is 16.3. The largest absolute Gasteiger partial charge is 0.479 e. The Morgan fingerprint density at radius 1 is 0.791 bits per heavy atom. The van der Waals surface area contributed by atoms with Gasteiger partial charge in [0.1, 0.15) is 17.7 Å². The van der Waals surface area contributed by atoms with Gasteiger partial charge in [0.15, 0.2) is 12.2 Å². The predicted octanol–water partition coefficient (Wildman–Crippen LogP) is 4.62. The molecule has 0 aliphatic rings. The molecule has 0 radical (unpaired) electrons. The summed E-state index contributed by atoms with van der Waals surface area (Å²) in [5, 5.41) is 9.22. The monoisotopic (exact) mass is 606 g/mol. The number of hydrogen-bond donors (Lipinski definition) is 1. The molecular formula is C32H50N2O9. The Kier molecular flexibility index (Phi) is 14.2. The van der Waals surface area contributed by atoms with Crippen LogP contribution in [0.5, 0.6) is 0 Å². The Morgan fingerprint density at radius 2 is 1.26 bits per heavy atom. The van der Waals surface area contributed by atoms with Crippen molar-refractivity contribution in [3.63, 3.8) is 0 Å². The van der Waals surface area contributed by atoms with Crippen molar-refractivity contribution < 1.29 is 43.3 Å². The first-order chi connectivity index (χ1) is 19.7. The van der Waals surface area contributed by atoms with Crippen molar-refractivity contribution in [1.29, 1.82) is 0 Å². The molecule has 1 rings (SSSR count). The molecule has 11 heteroatoms. The number of amides is 2. The van der Waals surface area contributed by atoms with Gasteiger partial charge in [-0.15, -0.1) is 0 Å². The first-order valence-electron chi connectivity index (χ1n) is 14.6. The number of nitrogens with zero attached hydrogens (tertiary/aromatic N) is 2. The first-order valence-corrected chi connectivity index (χ1v) is 14.6. The lowest BCUT2D eigenvalue weighted by atomic mass is 10.00. The van der Waals surface area contributed by atoms with Gasteiger partial charge in [0.05, 0.1) is 0 Å². The number of likely N-dealkylation sites (N-methyl/N-ethyl adjacent to an activating group) is 2. The number of ether oxygens (including phenoxy) is 3. The highest BCUT2D eigenvalue weighted by molar-refractivity contribution is 5.90. The molecule has 0 fully saturated rings. The number of benzene rings is 1. The van der Waals surface area contributed by atoms with Crippen LogP contribution in [0.1, 0.15) is 79.4 Å². The molecule has 0 unspecified atom stereocenters. The van der Waals surface area contributed by atoms with Crippen LogP contribution >= 0.6 is 0 Å². The minimum atomic E-state index is -1.41. The zero-order valence-corrected chi connectivity index (χ0v) is 27.5. The van der Waals surface area contributed by atoms with E-state index in [9.17, 15) is 29.1 Å². The van der Waals surface area contributed by atoms with E-state index in [2.05, 4.69) is 0 Å². The van der Waals surface area contributed by atoms with E-state index in [0.717, 1.165) is 10.5 Å². The summed E-state index contributed by atoms with van der Waals surface area (Å²) in [5.41, 5.74) is 0.931. The number of carboxylic acid groups (broad SMARTS) is 1. The van der Waals surface area contributed by atoms with E-state index >= 15 is 0 Å². The second-order valence-corrected chi connectivity index (χ2v) is 12.9. The van der Waals surface area contributed by atoms with Gasteiger partial charge < -0.3 is 24.2 Å². The molecule has 0 heterocycles. The third-order valence-corrected chi connectivity index (χ3v) is 6.61. The molecule has 11 nitrogen and oxygen atoms in total. The van der Waals surface area contributed by atoms with E-state index in [-0.39, 0.29) is 31.1 Å². The quantitative estimate of drug-likeness (QED) is 0.237. The summed E-state index contributed by atoms with van der Waals surface area (Å²) in [4.78, 5) is 67.2. The van der Waals surface area contributed by atoms with Crippen molar-refractivity contribution in [3.05, 3.63) is 35.4 Å². The lowest BCUT2D eigenvalue weighted by Gasteiger charge is -2.33. The summed E-state index contributed by atoms with van der Waals surface area (Å²) in [5.74, 6) is -3.70. The lowest BCUT2D eigenvalue weighted by molar-refractivity contribution is -0.172. The van der Waals surface area contributed by atoms with Crippen LogP contribution in [0.2, 0.25) is 0 Å². The molecule has 43 heavy (non-hydrogen) atoms. The SMILES string of the molecule is Cc1ccc(C[C@@H](OC(=O)[C@H](CC(C)C)N(C)C(=O)OC(C)(C)C)C(=O)N(C)[C@@H](CC(C)C)C(=O)O[C@H](C)C(=O)O)cc1. The third-order valence-electron chi connectivity index (χ3n) is 6.61. The van der Waals surface area contributed by atoms with Crippen molar-refractivity contribution in [2.75, 3.05) is 14.1 Å². The Labute approximate surface area is 255 Å². The molecule has 0 bridgehead atoms. The van der Waals surface area contributed by atoms with Gasteiger partial charge in [-0.25, -0.2) is 19.2 Å². The van der Waals surface area contributed by atoms with E-state index in [1.54, 1.807) is 20.8 Å². The fourth-order valence-corrected chi connectivity index (χ4v) is 4.20. The number of rotatable bonds is 14. The van der Waals surface area contributed by atoms with Gasteiger partial charge in [0.2, 0.25) is 0 Å². The van der Waals surface area contributed by atoms with E-state index in [1.165, 1.54) is 25.9 Å². The topological polar surface area (TPSA) is 140 Å². The van der Waals surface area contributed by atoms with Crippen LogP contribution < -0.4 is 0 Å². The molecule has 0 saturated heterocycles. The third kappa shape index (κ3) is 12.6. The molecule has 1 aromatic carbocycles. The minimum absolute atomic E-state index is 0.00206. The van der Waals surface area contributed by atoms with Crippen molar-refractivity contribution in [1.82, 2.24) is 9.80 Å². The Morgan fingerprint density at radius 3 is 1.70 bits per heavy atom. The van der Waals surface area contributed by atoms with Crippen molar-refractivity contribution in [3.8, 4) is 0 Å². The summed E-state index contributed by atoms with van der Waals surface area (Å²) >= 11 is 0. The van der Waals surface area contributed by atoms with Gasteiger partial charge in [-0.05, 0) is 64.9 Å². The second-order valence-electron chi connectivity index (χ2n) is 12.9. The standard InChI is InChI=1S/C32H50N2O9/c1-19(2)16-24(29(38)41-22(6)28(36)37)33(10)27(35)26(18-23-14-12-21(5)13-15-23)42-30(39)25(17-20(3)4)34(11)31(40)43-32(7,8)9/h12-15,19-20,22,24-26H,16-18H2,1-11H3,(H,36,37)/t22-,24+,25+,26-/m1/s1. The number of aliphatic carboxylic acids is 1. The fraction of sp³-hybridized carbons (Fsp3) is 0.656. The lowest BCUT2D eigenvalue weighted by Crippen LogP contribution is -2.52. The van der Waals surface area contributed by atoms with Crippen molar-refractivity contribution >= 4 is 29.9 Å². The molecule has 0 saturated carbocycles. The number of carbonyl (C=O) groups is 5. The predicted molar refractivity (Wildman–Crippen MR) is 161 cm³/mol. The zero-order chi connectivity index (χ0) is 33.2. The van der Waals surface area contributed by atoms with Crippen LogP contribution in [0.3, 0.4) is 0 Å². The molecule has 4 atom stereocenters. The molecule has 0 aliphatic carbocycles. The molecule has 0 aliphatic heterocycles. The molecule has 242 valence electrons. The van der Waals surface area contributed by atoms with Crippen LogP contribution in [0.25, 0.3) is 0 Å². The summed E-state index contributed by atoms with van der Waals surface area (Å²) in [7, 11) is 2.85. The maximum absolute atomic E-state index is 14.0. The van der Waals surface area contributed by atoms with Gasteiger partial charge in [0.25, 0.3) is 5.91 Å². The molecule has 1 N–H and O–H groups in total. The van der Waals surface area contributed by atoms with Crippen molar-refractivity contribution in [2.24, 2.45) is 11.8 Å². The molecule has 0 spiro atoms. The summed E-state index contributed by atoms with van der Waals surface area (Å²) in [6.07, 6.45) is -3.01. The van der Waals surface area contributed by atoms with Crippen LogP contribution in [-0.4, -0.2) is 88.8 Å². The van der Waals surface area contributed by atoms with Crippen LogP contribution in [-0.2, 0) is 39.8 Å². The summed E-state index contributed by atoms with van der Waals surface area (Å²) in [6.45, 7) is 15.8. The number of carboxylic acids is 1. The molecular weight excluding hydrogens is 556 g/mol. The maximum Gasteiger partial charge on any atom is 0.410 e. The van der Waals surface area contributed by atoms with Gasteiger partial charge in [-0.1, -0.05) is 57.5 Å². The number of esters is 2. The molecule has 0 aromatic heterocycles. The number of hydrogen-bond acceptors (Lipinski definition) is 8. The van der Waals surface area contributed by atoms with Gasteiger partial charge in [-0.2, -0.15) is 0 Å². The van der Waals surface area contributed by atoms with E-state index in [4.69, 9.17) is 14.2 Å². The average Bonchev–Trinajstić information content (AvgIpc) is 2.88. The normalized spacial score (nSPS) is 14.3. The first kappa shape index (κ1) is 37.4. The maximum atomic E-state index is 14.0. The van der Waals surface area contributed by atoms with Crippen LogP contribution in [0.4, 0.5) is 4.79 Å². The van der Waals surface area contributed by atoms with Crippen LogP contribution in [0, 0.1) is 18.8 Å². The highest BCUT2D eigenvalue weighted by atomic mass is 16.6. The van der Waals surface area contributed by atoms with Crippen LogP contribution in [0.15, 0.2) is 24.3 Å². The number of aryl methyl sites for hydroxylation is 1. The highest BCUT2D eigenvalue weighted by Crippen LogP contribution is 2.21.